The van der Waals surface area contributed by atoms with E-state index in [1.807, 2.05) is 0 Å². The normalized spacial score (nSPS) is 14.7. The van der Waals surface area contributed by atoms with Crippen LogP contribution in [0.3, 0.4) is 0 Å². The summed E-state index contributed by atoms with van der Waals surface area (Å²) in [6.45, 7) is 0.635. The third kappa shape index (κ3) is 4.89. The Morgan fingerprint density at radius 1 is 1.04 bits per heavy atom. The lowest BCUT2D eigenvalue weighted by molar-refractivity contribution is 0.0697. The van der Waals surface area contributed by atoms with Crippen molar-refractivity contribution in [1.29, 1.82) is 0 Å². The summed E-state index contributed by atoms with van der Waals surface area (Å²) in [5.41, 5.74) is 1.80. The Morgan fingerprint density at radius 3 is 2.52 bits per heavy atom. The van der Waals surface area contributed by atoms with Gasteiger partial charge in [0.25, 0.3) is 5.91 Å². The monoisotopic (exact) mass is 385 g/mol. The van der Waals surface area contributed by atoms with E-state index >= 15 is 0 Å². The van der Waals surface area contributed by atoms with Crippen LogP contribution >= 0.6 is 11.6 Å². The number of hydrogen-bond acceptors (Lipinski definition) is 2. The van der Waals surface area contributed by atoms with Gasteiger partial charge in [-0.2, -0.15) is 0 Å². The first-order valence-corrected chi connectivity index (χ1v) is 9.84. The summed E-state index contributed by atoms with van der Waals surface area (Å²) in [4.78, 5) is 24.1. The van der Waals surface area contributed by atoms with Crippen molar-refractivity contribution >= 4 is 23.5 Å². The van der Waals surface area contributed by atoms with Crippen LogP contribution in [0.4, 0.5) is 0 Å². The van der Waals surface area contributed by atoms with Crippen LogP contribution in [0.5, 0.6) is 0 Å². The Kier molecular flexibility index (Phi) is 6.51. The maximum atomic E-state index is 12.6. The highest BCUT2D eigenvalue weighted by Crippen LogP contribution is 2.28. The van der Waals surface area contributed by atoms with E-state index in [1.165, 1.54) is 32.1 Å². The number of aromatic carboxylic acids is 1. The predicted molar refractivity (Wildman–Crippen MR) is 107 cm³/mol. The standard InChI is InChI=1S/C22H24ClNO3/c23-20-11-10-16(17-8-4-5-9-18(17)22(26)27)14-19(20)21(25)24-13-12-15-6-2-1-3-7-15/h4-5,8-11,14-15H,1-3,6-7,12-13H2,(H,24,25)(H,26,27). The summed E-state index contributed by atoms with van der Waals surface area (Å²) in [5.74, 6) is -0.521. The average molecular weight is 386 g/mol. The van der Waals surface area contributed by atoms with Crippen molar-refractivity contribution in [3.8, 4) is 11.1 Å². The van der Waals surface area contributed by atoms with Gasteiger partial charge >= 0.3 is 5.97 Å². The molecule has 1 aliphatic rings. The van der Waals surface area contributed by atoms with E-state index < -0.39 is 5.97 Å². The summed E-state index contributed by atoms with van der Waals surface area (Å²) in [7, 11) is 0. The Balaban J connectivity index is 1.73. The molecule has 1 saturated carbocycles. The summed E-state index contributed by atoms with van der Waals surface area (Å²) in [6.07, 6.45) is 7.38. The fourth-order valence-electron chi connectivity index (χ4n) is 3.75. The summed E-state index contributed by atoms with van der Waals surface area (Å²) in [5, 5.41) is 12.7. The highest BCUT2D eigenvalue weighted by molar-refractivity contribution is 6.34. The number of rotatable bonds is 6. The van der Waals surface area contributed by atoms with Gasteiger partial charge in [-0.3, -0.25) is 4.79 Å². The Labute approximate surface area is 164 Å². The molecule has 1 amide bonds. The number of carboxylic acids is 1. The Bertz CT molecular complexity index is 828. The number of amides is 1. The smallest absolute Gasteiger partial charge is 0.336 e. The van der Waals surface area contributed by atoms with Gasteiger partial charge in [-0.05, 0) is 41.7 Å². The van der Waals surface area contributed by atoms with Gasteiger partial charge in [0.1, 0.15) is 0 Å². The zero-order chi connectivity index (χ0) is 19.2. The SMILES string of the molecule is O=C(NCCC1CCCCC1)c1cc(-c2ccccc2C(=O)O)ccc1Cl. The highest BCUT2D eigenvalue weighted by atomic mass is 35.5. The molecule has 0 aromatic heterocycles. The lowest BCUT2D eigenvalue weighted by Crippen LogP contribution is -2.26. The second kappa shape index (κ2) is 9.05. The maximum Gasteiger partial charge on any atom is 0.336 e. The molecule has 1 aliphatic carbocycles. The quantitative estimate of drug-likeness (QED) is 0.699. The molecule has 0 saturated heterocycles. The molecule has 0 radical (unpaired) electrons. The van der Waals surface area contributed by atoms with E-state index in [9.17, 15) is 14.7 Å². The number of carbonyl (C=O) groups is 2. The van der Waals surface area contributed by atoms with E-state index in [1.54, 1.807) is 42.5 Å². The molecule has 1 fully saturated rings. The molecule has 0 bridgehead atoms. The molecular formula is C22H24ClNO3. The molecule has 5 heteroatoms. The largest absolute Gasteiger partial charge is 0.478 e. The number of carboxylic acid groups (broad SMARTS) is 1. The summed E-state index contributed by atoms with van der Waals surface area (Å²) in [6, 6.07) is 11.8. The lowest BCUT2D eigenvalue weighted by atomic mass is 9.87. The van der Waals surface area contributed by atoms with Crippen LogP contribution in [0.1, 0.15) is 59.2 Å². The third-order valence-electron chi connectivity index (χ3n) is 5.24. The van der Waals surface area contributed by atoms with E-state index in [4.69, 9.17) is 11.6 Å². The number of nitrogens with one attached hydrogen (secondary N) is 1. The van der Waals surface area contributed by atoms with Gasteiger partial charge in [-0.15, -0.1) is 0 Å². The molecule has 0 atom stereocenters. The van der Waals surface area contributed by atoms with Gasteiger partial charge in [0.2, 0.25) is 0 Å². The summed E-state index contributed by atoms with van der Waals surface area (Å²) < 4.78 is 0. The van der Waals surface area contributed by atoms with Gasteiger partial charge in [0.05, 0.1) is 16.1 Å². The van der Waals surface area contributed by atoms with Crippen molar-refractivity contribution in [2.24, 2.45) is 5.92 Å². The van der Waals surface area contributed by atoms with E-state index in [0.717, 1.165) is 6.42 Å². The lowest BCUT2D eigenvalue weighted by Gasteiger charge is -2.21. The molecule has 0 heterocycles. The van der Waals surface area contributed by atoms with Crippen LogP contribution in [0.2, 0.25) is 5.02 Å². The van der Waals surface area contributed by atoms with Crippen molar-refractivity contribution in [2.45, 2.75) is 38.5 Å². The minimum atomic E-state index is -1.00. The van der Waals surface area contributed by atoms with Crippen LogP contribution in [0.25, 0.3) is 11.1 Å². The zero-order valence-corrected chi connectivity index (χ0v) is 16.0. The van der Waals surface area contributed by atoms with Crippen LogP contribution in [0, 0.1) is 5.92 Å². The second-order valence-electron chi connectivity index (χ2n) is 7.09. The molecule has 0 aliphatic heterocycles. The van der Waals surface area contributed by atoms with Gasteiger partial charge in [0.15, 0.2) is 0 Å². The van der Waals surface area contributed by atoms with Crippen molar-refractivity contribution in [2.75, 3.05) is 6.54 Å². The fraction of sp³-hybridized carbons (Fsp3) is 0.364. The van der Waals surface area contributed by atoms with Crippen LogP contribution in [-0.4, -0.2) is 23.5 Å². The third-order valence-corrected chi connectivity index (χ3v) is 5.57. The number of carbonyl (C=O) groups excluding carboxylic acids is 1. The first-order valence-electron chi connectivity index (χ1n) is 9.46. The van der Waals surface area contributed by atoms with Gasteiger partial charge in [0, 0.05) is 6.54 Å². The fourth-order valence-corrected chi connectivity index (χ4v) is 3.95. The van der Waals surface area contributed by atoms with Crippen LogP contribution < -0.4 is 5.32 Å². The predicted octanol–water partition coefficient (Wildman–Crippen LogP) is 5.41. The van der Waals surface area contributed by atoms with Crippen molar-refractivity contribution in [3.63, 3.8) is 0 Å². The van der Waals surface area contributed by atoms with E-state index in [2.05, 4.69) is 5.32 Å². The summed E-state index contributed by atoms with van der Waals surface area (Å²) >= 11 is 6.23. The number of halogens is 1. The molecule has 2 aromatic carbocycles. The Morgan fingerprint density at radius 2 is 1.78 bits per heavy atom. The minimum Gasteiger partial charge on any atom is -0.478 e. The molecule has 142 valence electrons. The van der Waals surface area contributed by atoms with Crippen LogP contribution in [-0.2, 0) is 0 Å². The zero-order valence-electron chi connectivity index (χ0n) is 15.2. The van der Waals surface area contributed by atoms with Gasteiger partial charge in [-0.1, -0.05) is 68.0 Å². The van der Waals surface area contributed by atoms with E-state index in [0.29, 0.717) is 34.2 Å². The number of benzene rings is 2. The van der Waals surface area contributed by atoms with Crippen molar-refractivity contribution in [3.05, 3.63) is 58.6 Å². The molecular weight excluding hydrogens is 362 g/mol. The molecule has 4 nitrogen and oxygen atoms in total. The van der Waals surface area contributed by atoms with Gasteiger partial charge < -0.3 is 10.4 Å². The topological polar surface area (TPSA) is 66.4 Å². The average Bonchev–Trinajstić information content (AvgIpc) is 2.69. The first kappa shape index (κ1) is 19.4. The molecule has 0 spiro atoms. The van der Waals surface area contributed by atoms with Crippen molar-refractivity contribution in [1.82, 2.24) is 5.32 Å². The Hall–Kier alpha value is -2.33. The van der Waals surface area contributed by atoms with Crippen molar-refractivity contribution < 1.29 is 14.7 Å². The highest BCUT2D eigenvalue weighted by Gasteiger charge is 2.17. The van der Waals surface area contributed by atoms with Crippen LogP contribution in [0.15, 0.2) is 42.5 Å². The molecule has 27 heavy (non-hydrogen) atoms. The molecule has 3 rings (SSSR count). The minimum absolute atomic E-state index is 0.198. The number of hydrogen-bond donors (Lipinski definition) is 2. The maximum absolute atomic E-state index is 12.6. The molecule has 0 unspecified atom stereocenters. The first-order chi connectivity index (χ1) is 13.1. The molecule has 2 aromatic rings. The van der Waals surface area contributed by atoms with E-state index in [-0.39, 0.29) is 11.5 Å². The molecule has 2 N–H and O–H groups in total. The van der Waals surface area contributed by atoms with Gasteiger partial charge in [-0.25, -0.2) is 4.79 Å². The second-order valence-corrected chi connectivity index (χ2v) is 7.50.